The van der Waals surface area contributed by atoms with Gasteiger partial charge in [0.1, 0.15) is 11.5 Å². The van der Waals surface area contributed by atoms with Crippen LogP contribution in [0.5, 0.6) is 11.5 Å². The van der Waals surface area contributed by atoms with E-state index in [9.17, 15) is 31.5 Å². The van der Waals surface area contributed by atoms with E-state index < -0.39 is 41.3 Å². The minimum atomic E-state index is -4.77. The Bertz CT molecular complexity index is 1060. The number of alkyl carbamates (subject to hydrolysis) is 1. The average Bonchev–Trinajstić information content (AvgIpc) is 3.22. The lowest BCUT2D eigenvalue weighted by atomic mass is 9.95. The summed E-state index contributed by atoms with van der Waals surface area (Å²) >= 11 is 0. The number of ether oxygens (including phenoxy) is 2. The van der Waals surface area contributed by atoms with Gasteiger partial charge in [0.05, 0.1) is 11.1 Å². The molecule has 4 rings (SSSR count). The number of fused-ring (bicyclic) bond motifs is 1. The Balaban J connectivity index is 1.62. The summed E-state index contributed by atoms with van der Waals surface area (Å²) in [5.41, 5.74) is -0.543. The molecule has 1 fully saturated rings. The van der Waals surface area contributed by atoms with Crippen molar-refractivity contribution in [1.82, 2.24) is 5.32 Å². The van der Waals surface area contributed by atoms with Gasteiger partial charge in [-0.1, -0.05) is 6.07 Å². The second-order valence-electron chi connectivity index (χ2n) is 7.52. The Hall–Kier alpha value is -3.17. The molecule has 0 radical (unpaired) electrons. The number of benzene rings is 2. The minimum absolute atomic E-state index is 0.164. The zero-order valence-corrected chi connectivity index (χ0v) is 16.1. The molecule has 0 saturated carbocycles. The third-order valence-electron chi connectivity index (χ3n) is 5.33. The van der Waals surface area contributed by atoms with Crippen molar-refractivity contribution in [3.8, 4) is 11.5 Å². The van der Waals surface area contributed by atoms with E-state index in [4.69, 9.17) is 9.47 Å². The van der Waals surface area contributed by atoms with Crippen molar-refractivity contribution in [2.45, 2.75) is 43.9 Å². The molecule has 5 nitrogen and oxygen atoms in total. The summed E-state index contributed by atoms with van der Waals surface area (Å²) in [5, 5.41) is 2.08. The lowest BCUT2D eigenvalue weighted by Gasteiger charge is -2.19. The van der Waals surface area contributed by atoms with Crippen molar-refractivity contribution < 1.29 is 41.0 Å². The van der Waals surface area contributed by atoms with E-state index in [2.05, 4.69) is 5.32 Å². The van der Waals surface area contributed by atoms with Crippen molar-refractivity contribution in [3.63, 3.8) is 0 Å². The molecule has 1 saturated heterocycles. The fraction of sp³-hybridized carbons (Fsp3) is 0.333. The highest BCUT2D eigenvalue weighted by Gasteiger charge is 2.42. The fourth-order valence-electron chi connectivity index (χ4n) is 3.91. The normalized spacial score (nSPS) is 21.0. The first-order valence-electron chi connectivity index (χ1n) is 9.35. The molecule has 2 atom stereocenters. The number of carbonyl (C=O) groups is 2. The number of aryl methyl sites for hydroxylation is 1. The largest absolute Gasteiger partial charge is 0.457 e. The first-order valence-corrected chi connectivity index (χ1v) is 9.35. The summed E-state index contributed by atoms with van der Waals surface area (Å²) in [7, 11) is 0. The van der Waals surface area contributed by atoms with Crippen LogP contribution >= 0.6 is 0 Å². The SMILES string of the molecule is CC(F)(F)c1cc(C(F)(F)F)ccc1Oc1ccc2c(c1)CC[C@H]2C1OC(=O)NC1=O. The van der Waals surface area contributed by atoms with Crippen LogP contribution in [0.4, 0.5) is 26.7 Å². The van der Waals surface area contributed by atoms with E-state index in [0.29, 0.717) is 31.9 Å². The van der Waals surface area contributed by atoms with Gasteiger partial charge in [-0.2, -0.15) is 13.2 Å². The van der Waals surface area contributed by atoms with E-state index >= 15 is 0 Å². The molecular formula is C21H16F5NO4. The Morgan fingerprint density at radius 3 is 2.42 bits per heavy atom. The Labute approximate surface area is 173 Å². The molecule has 2 aromatic carbocycles. The van der Waals surface area contributed by atoms with Gasteiger partial charge in [0.15, 0.2) is 6.10 Å². The summed E-state index contributed by atoms with van der Waals surface area (Å²) in [5.74, 6) is -4.66. The van der Waals surface area contributed by atoms with E-state index in [0.717, 1.165) is 17.2 Å². The van der Waals surface area contributed by atoms with Crippen molar-refractivity contribution in [3.05, 3.63) is 58.7 Å². The summed E-state index contributed by atoms with van der Waals surface area (Å²) in [4.78, 5) is 23.2. The minimum Gasteiger partial charge on any atom is -0.457 e. The number of hydrogen-bond donors (Lipinski definition) is 1. The van der Waals surface area contributed by atoms with Gasteiger partial charge in [-0.05, 0) is 54.3 Å². The molecule has 2 aromatic rings. The second kappa shape index (κ2) is 7.21. The first kappa shape index (κ1) is 21.1. The molecule has 1 aliphatic carbocycles. The van der Waals surface area contributed by atoms with Gasteiger partial charge in [0.2, 0.25) is 0 Å². The number of hydrogen-bond acceptors (Lipinski definition) is 4. The second-order valence-corrected chi connectivity index (χ2v) is 7.52. The predicted molar refractivity (Wildman–Crippen MR) is 97.0 cm³/mol. The number of nitrogens with one attached hydrogen (secondary N) is 1. The van der Waals surface area contributed by atoms with E-state index in [1.54, 1.807) is 12.1 Å². The number of cyclic esters (lactones) is 1. The van der Waals surface area contributed by atoms with Crippen LogP contribution in [-0.4, -0.2) is 18.1 Å². The van der Waals surface area contributed by atoms with Gasteiger partial charge in [-0.25, -0.2) is 13.6 Å². The Morgan fingerprint density at radius 1 is 1.06 bits per heavy atom. The molecule has 0 aromatic heterocycles. The predicted octanol–water partition coefficient (Wildman–Crippen LogP) is 5.27. The highest BCUT2D eigenvalue weighted by Crippen LogP contribution is 2.43. The van der Waals surface area contributed by atoms with Crippen LogP contribution in [0.2, 0.25) is 0 Å². The standard InChI is InChI=1S/C21H16F5NO4/c1-20(22,23)15-9-11(21(24,25)26)3-7-16(15)30-12-4-6-13-10(8-12)2-5-14(13)17-18(28)27-19(29)31-17/h3-4,6-9,14,17H,2,5H2,1H3,(H,27,28,29)/t14-,17?/m1/s1. The third kappa shape index (κ3) is 4.06. The lowest BCUT2D eigenvalue weighted by molar-refractivity contribution is -0.137. The first-order chi connectivity index (χ1) is 14.4. The van der Waals surface area contributed by atoms with Gasteiger partial charge in [0.25, 0.3) is 11.8 Å². The van der Waals surface area contributed by atoms with Crippen LogP contribution in [-0.2, 0) is 28.1 Å². The highest BCUT2D eigenvalue weighted by atomic mass is 19.4. The van der Waals surface area contributed by atoms with Crippen molar-refractivity contribution in [1.29, 1.82) is 0 Å². The topological polar surface area (TPSA) is 64.6 Å². The van der Waals surface area contributed by atoms with Crippen molar-refractivity contribution in [2.75, 3.05) is 0 Å². The molecule has 0 spiro atoms. The molecule has 31 heavy (non-hydrogen) atoms. The molecule has 1 aliphatic heterocycles. The van der Waals surface area contributed by atoms with Crippen molar-refractivity contribution in [2.24, 2.45) is 0 Å². The van der Waals surface area contributed by atoms with Gasteiger partial charge in [-0.15, -0.1) is 0 Å². The zero-order valence-electron chi connectivity index (χ0n) is 16.1. The number of carbonyl (C=O) groups excluding carboxylic acids is 2. The molecule has 10 heteroatoms. The van der Waals surface area contributed by atoms with Crippen LogP contribution in [0.15, 0.2) is 36.4 Å². The van der Waals surface area contributed by atoms with Crippen LogP contribution < -0.4 is 10.1 Å². The van der Waals surface area contributed by atoms with Gasteiger partial charge in [0, 0.05) is 12.8 Å². The smallest absolute Gasteiger partial charge is 0.416 e. The molecule has 1 unspecified atom stereocenters. The number of alkyl halides is 5. The van der Waals surface area contributed by atoms with E-state index in [-0.39, 0.29) is 17.4 Å². The summed E-state index contributed by atoms with van der Waals surface area (Å²) in [6.45, 7) is 0.497. The zero-order chi connectivity index (χ0) is 22.6. The Kier molecular flexibility index (Phi) is 4.90. The molecule has 0 bridgehead atoms. The van der Waals surface area contributed by atoms with Gasteiger partial charge >= 0.3 is 12.3 Å². The highest BCUT2D eigenvalue weighted by molar-refractivity contribution is 6.00. The van der Waals surface area contributed by atoms with Crippen LogP contribution in [0, 0.1) is 0 Å². The van der Waals surface area contributed by atoms with Gasteiger partial charge in [-0.3, -0.25) is 10.1 Å². The maximum absolute atomic E-state index is 14.0. The molecule has 164 valence electrons. The lowest BCUT2D eigenvalue weighted by Crippen LogP contribution is -2.28. The Morgan fingerprint density at radius 2 is 1.81 bits per heavy atom. The summed E-state index contributed by atoms with van der Waals surface area (Å²) in [6, 6.07) is 6.62. The number of amides is 2. The van der Waals surface area contributed by atoms with Crippen molar-refractivity contribution >= 4 is 12.0 Å². The summed E-state index contributed by atoms with van der Waals surface area (Å²) < 4.78 is 77.3. The van der Waals surface area contributed by atoms with Crippen LogP contribution in [0.3, 0.4) is 0 Å². The van der Waals surface area contributed by atoms with E-state index in [1.807, 2.05) is 0 Å². The molecule has 2 aliphatic rings. The number of halogens is 5. The number of imide groups is 1. The quantitative estimate of drug-likeness (QED) is 0.657. The molecule has 2 amide bonds. The average molecular weight is 441 g/mol. The van der Waals surface area contributed by atoms with Crippen LogP contribution in [0.25, 0.3) is 0 Å². The van der Waals surface area contributed by atoms with Crippen LogP contribution in [0.1, 0.15) is 41.5 Å². The summed E-state index contributed by atoms with van der Waals surface area (Å²) in [6.07, 6.45) is -5.46. The molecule has 1 heterocycles. The monoisotopic (exact) mass is 441 g/mol. The van der Waals surface area contributed by atoms with E-state index in [1.165, 1.54) is 6.07 Å². The van der Waals surface area contributed by atoms with Gasteiger partial charge < -0.3 is 9.47 Å². The number of rotatable bonds is 4. The molecular weight excluding hydrogens is 425 g/mol. The third-order valence-corrected chi connectivity index (χ3v) is 5.33. The fourth-order valence-corrected chi connectivity index (χ4v) is 3.91. The maximum Gasteiger partial charge on any atom is 0.416 e. The molecule has 1 N–H and O–H groups in total. The maximum atomic E-state index is 14.0.